The Morgan fingerprint density at radius 3 is 2.48 bits per heavy atom. The van der Waals surface area contributed by atoms with E-state index in [4.69, 9.17) is 9.47 Å². The van der Waals surface area contributed by atoms with Gasteiger partial charge < -0.3 is 19.7 Å². The van der Waals surface area contributed by atoms with E-state index in [0.29, 0.717) is 0 Å². The monoisotopic (exact) mass is 401 g/mol. The average molecular weight is 401 g/mol. The van der Waals surface area contributed by atoms with Crippen LogP contribution in [0.5, 0.6) is 11.5 Å². The van der Waals surface area contributed by atoms with E-state index in [1.54, 1.807) is 6.92 Å². The van der Waals surface area contributed by atoms with Gasteiger partial charge in [-0.15, -0.1) is 0 Å². The highest BCUT2D eigenvalue weighted by Gasteiger charge is 2.26. The van der Waals surface area contributed by atoms with Gasteiger partial charge >= 0.3 is 5.69 Å². The highest BCUT2D eigenvalue weighted by molar-refractivity contribution is 5.87. The number of benzene rings is 2. The lowest BCUT2D eigenvalue weighted by Gasteiger charge is -2.28. The molecule has 2 aromatic rings. The zero-order chi connectivity index (χ0) is 21.4. The predicted octanol–water partition coefficient (Wildman–Crippen LogP) is 2.15. The molecule has 0 saturated heterocycles. The van der Waals surface area contributed by atoms with Gasteiger partial charge in [-0.25, -0.2) is 0 Å². The summed E-state index contributed by atoms with van der Waals surface area (Å²) in [5.41, 5.74) is 0.665. The standard InChI is InChI=1S/C20H23N3O6/c1-14(20(25)21-2)22(12-15-7-5-4-6-8-15)19(24)13-29-16-9-10-17(23(26)27)18(11-16)28-3/h4-11,14H,12-13H2,1-3H3,(H,21,25). The number of hydrogen-bond donors (Lipinski definition) is 1. The molecule has 0 bridgehead atoms. The molecule has 2 amide bonds. The number of nitrogens with zero attached hydrogens (tertiary/aromatic N) is 2. The molecule has 0 fully saturated rings. The van der Waals surface area contributed by atoms with Crippen LogP contribution in [0.2, 0.25) is 0 Å². The summed E-state index contributed by atoms with van der Waals surface area (Å²) < 4.78 is 10.5. The molecule has 29 heavy (non-hydrogen) atoms. The highest BCUT2D eigenvalue weighted by Crippen LogP contribution is 2.30. The summed E-state index contributed by atoms with van der Waals surface area (Å²) in [6.07, 6.45) is 0. The maximum absolute atomic E-state index is 12.8. The number of carbonyl (C=O) groups excluding carboxylic acids is 2. The van der Waals surface area contributed by atoms with Crippen molar-refractivity contribution < 1.29 is 24.0 Å². The number of nitro benzene ring substituents is 1. The van der Waals surface area contributed by atoms with Gasteiger partial charge in [-0.1, -0.05) is 30.3 Å². The molecule has 0 aliphatic rings. The van der Waals surface area contributed by atoms with Crippen molar-refractivity contribution in [2.45, 2.75) is 19.5 Å². The molecule has 0 spiro atoms. The van der Waals surface area contributed by atoms with E-state index in [-0.39, 0.29) is 36.2 Å². The van der Waals surface area contributed by atoms with Crippen molar-refractivity contribution in [3.05, 3.63) is 64.2 Å². The molecule has 0 aliphatic heterocycles. The fraction of sp³-hybridized carbons (Fsp3) is 0.300. The van der Waals surface area contributed by atoms with E-state index in [1.807, 2.05) is 30.3 Å². The van der Waals surface area contributed by atoms with Gasteiger partial charge in [-0.3, -0.25) is 19.7 Å². The second-order valence-electron chi connectivity index (χ2n) is 6.18. The Balaban J connectivity index is 2.14. The number of amides is 2. The molecule has 1 atom stereocenters. The zero-order valence-electron chi connectivity index (χ0n) is 16.5. The Kier molecular flexibility index (Phi) is 7.53. The van der Waals surface area contributed by atoms with E-state index in [9.17, 15) is 19.7 Å². The second kappa shape index (κ2) is 10.1. The Morgan fingerprint density at radius 2 is 1.90 bits per heavy atom. The summed E-state index contributed by atoms with van der Waals surface area (Å²) in [5.74, 6) is -0.429. The van der Waals surface area contributed by atoms with Gasteiger partial charge in [-0.2, -0.15) is 0 Å². The molecule has 0 aliphatic carbocycles. The summed E-state index contributed by atoms with van der Waals surface area (Å²) in [5, 5.41) is 13.5. The summed E-state index contributed by atoms with van der Waals surface area (Å²) >= 11 is 0. The summed E-state index contributed by atoms with van der Waals surface area (Å²) in [6, 6.07) is 12.5. The normalized spacial score (nSPS) is 11.3. The molecule has 9 nitrogen and oxygen atoms in total. The van der Waals surface area contributed by atoms with Gasteiger partial charge in [0.05, 0.1) is 12.0 Å². The number of ether oxygens (including phenoxy) is 2. The quantitative estimate of drug-likeness (QED) is 0.509. The minimum atomic E-state index is -0.706. The van der Waals surface area contributed by atoms with Crippen LogP contribution < -0.4 is 14.8 Å². The van der Waals surface area contributed by atoms with Gasteiger partial charge in [0.2, 0.25) is 11.7 Å². The van der Waals surface area contributed by atoms with E-state index < -0.39 is 16.9 Å². The summed E-state index contributed by atoms with van der Waals surface area (Å²) in [4.78, 5) is 36.7. The molecule has 9 heteroatoms. The largest absolute Gasteiger partial charge is 0.490 e. The van der Waals surface area contributed by atoms with Gasteiger partial charge in [0.15, 0.2) is 6.61 Å². The number of carbonyl (C=O) groups is 2. The smallest absolute Gasteiger partial charge is 0.311 e. The predicted molar refractivity (Wildman–Crippen MR) is 106 cm³/mol. The van der Waals surface area contributed by atoms with Crippen molar-refractivity contribution in [3.63, 3.8) is 0 Å². The number of rotatable bonds is 9. The van der Waals surface area contributed by atoms with Crippen LogP contribution in [-0.4, -0.2) is 48.4 Å². The maximum Gasteiger partial charge on any atom is 0.311 e. The van der Waals surface area contributed by atoms with Crippen molar-refractivity contribution >= 4 is 17.5 Å². The van der Waals surface area contributed by atoms with Gasteiger partial charge in [0.25, 0.3) is 5.91 Å². The molecule has 0 heterocycles. The molecule has 154 valence electrons. The second-order valence-corrected chi connectivity index (χ2v) is 6.18. The van der Waals surface area contributed by atoms with Crippen LogP contribution in [0, 0.1) is 10.1 Å². The zero-order valence-corrected chi connectivity index (χ0v) is 16.5. The molecule has 1 N–H and O–H groups in total. The minimum absolute atomic E-state index is 0.0276. The van der Waals surface area contributed by atoms with Crippen molar-refractivity contribution in [2.24, 2.45) is 0 Å². The van der Waals surface area contributed by atoms with Crippen LogP contribution in [-0.2, 0) is 16.1 Å². The first kappa shape index (κ1) is 21.7. The first-order chi connectivity index (χ1) is 13.9. The summed E-state index contributed by atoms with van der Waals surface area (Å²) in [7, 11) is 2.81. The van der Waals surface area contributed by atoms with Crippen LogP contribution in [0.15, 0.2) is 48.5 Å². The van der Waals surface area contributed by atoms with E-state index in [1.165, 1.54) is 37.3 Å². The van der Waals surface area contributed by atoms with E-state index in [0.717, 1.165) is 5.56 Å². The van der Waals surface area contributed by atoms with Crippen LogP contribution in [0.25, 0.3) is 0 Å². The lowest BCUT2D eigenvalue weighted by molar-refractivity contribution is -0.385. The average Bonchev–Trinajstić information content (AvgIpc) is 2.75. The molecule has 0 saturated carbocycles. The van der Waals surface area contributed by atoms with Crippen molar-refractivity contribution in [3.8, 4) is 11.5 Å². The molecule has 2 rings (SSSR count). The molecule has 1 unspecified atom stereocenters. The topological polar surface area (TPSA) is 111 Å². The number of nitro groups is 1. The SMILES string of the molecule is CNC(=O)C(C)N(Cc1ccccc1)C(=O)COc1ccc([N+](=O)[O-])c(OC)c1. The molecular weight excluding hydrogens is 378 g/mol. The van der Waals surface area contributed by atoms with Crippen LogP contribution in [0.4, 0.5) is 5.69 Å². The van der Waals surface area contributed by atoms with Gasteiger partial charge in [0.1, 0.15) is 11.8 Å². The fourth-order valence-corrected chi connectivity index (χ4v) is 2.70. The lowest BCUT2D eigenvalue weighted by Crippen LogP contribution is -2.48. The van der Waals surface area contributed by atoms with Gasteiger partial charge in [0, 0.05) is 25.7 Å². The van der Waals surface area contributed by atoms with E-state index >= 15 is 0 Å². The molecule has 0 aromatic heterocycles. The van der Waals surface area contributed by atoms with Gasteiger partial charge in [-0.05, 0) is 18.6 Å². The summed E-state index contributed by atoms with van der Waals surface area (Å²) in [6.45, 7) is 1.53. The number of methoxy groups -OCH3 is 1. The van der Waals surface area contributed by atoms with Crippen LogP contribution in [0.3, 0.4) is 0 Å². The Bertz CT molecular complexity index is 872. The lowest BCUT2D eigenvalue weighted by atomic mass is 10.1. The van der Waals surface area contributed by atoms with E-state index in [2.05, 4.69) is 5.32 Å². The molecule has 2 aromatic carbocycles. The highest BCUT2D eigenvalue weighted by atomic mass is 16.6. The van der Waals surface area contributed by atoms with Crippen molar-refractivity contribution in [2.75, 3.05) is 20.8 Å². The first-order valence-electron chi connectivity index (χ1n) is 8.87. The van der Waals surface area contributed by atoms with Crippen LogP contribution in [0.1, 0.15) is 12.5 Å². The Morgan fingerprint density at radius 1 is 1.21 bits per heavy atom. The number of hydrogen-bond acceptors (Lipinski definition) is 6. The third-order valence-electron chi connectivity index (χ3n) is 4.32. The third-order valence-corrected chi connectivity index (χ3v) is 4.32. The molecular formula is C20H23N3O6. The number of likely N-dealkylation sites (N-methyl/N-ethyl adjacent to an activating group) is 1. The first-order valence-corrected chi connectivity index (χ1v) is 8.87. The van der Waals surface area contributed by atoms with Crippen LogP contribution >= 0.6 is 0 Å². The Labute approximate surface area is 168 Å². The third kappa shape index (κ3) is 5.68. The van der Waals surface area contributed by atoms with Crippen molar-refractivity contribution in [1.29, 1.82) is 0 Å². The maximum atomic E-state index is 12.8. The number of nitrogens with one attached hydrogen (secondary N) is 1. The fourth-order valence-electron chi connectivity index (χ4n) is 2.70. The van der Waals surface area contributed by atoms with Crippen molar-refractivity contribution in [1.82, 2.24) is 10.2 Å². The Hall–Kier alpha value is -3.62. The molecule has 0 radical (unpaired) electrons. The minimum Gasteiger partial charge on any atom is -0.490 e.